The van der Waals surface area contributed by atoms with Gasteiger partial charge in [0.2, 0.25) is 0 Å². The molecule has 2 aromatic carbocycles. The minimum absolute atomic E-state index is 0.0796. The van der Waals surface area contributed by atoms with Crippen molar-refractivity contribution in [2.45, 2.75) is 12.8 Å². The molecule has 0 amide bonds. The van der Waals surface area contributed by atoms with E-state index in [1.165, 1.54) is 23.3 Å². The lowest BCUT2D eigenvalue weighted by Crippen LogP contribution is -2.16. The zero-order valence-corrected chi connectivity index (χ0v) is 12.8. The van der Waals surface area contributed by atoms with Gasteiger partial charge in [-0.1, -0.05) is 35.9 Å². The molecule has 4 heteroatoms. The molecule has 0 radical (unpaired) electrons. The molecular weight excluding hydrogens is 343 g/mol. The van der Waals surface area contributed by atoms with Gasteiger partial charge in [-0.2, -0.15) is 0 Å². The van der Waals surface area contributed by atoms with Gasteiger partial charge in [-0.05, 0) is 52.0 Å². The summed E-state index contributed by atoms with van der Waals surface area (Å²) in [5.74, 6) is -0.894. The summed E-state index contributed by atoms with van der Waals surface area (Å²) in [6.45, 7) is 0. The number of Topliss-reactive ketones (excluding diaryl/α,β-unsaturated/α-hetero) is 1. The Labute approximate surface area is 129 Å². The molecule has 2 aromatic rings. The lowest BCUT2D eigenvalue weighted by Gasteiger charge is -2.10. The number of hydrogen-bond acceptors (Lipinski definition) is 1. The standard InChI is InChI=1S/C16H11BrClFO/c17-13-8-15(19)12(7-14(13)18)16(20)11-5-9-3-1-2-4-10(9)6-11/h1-4,7-8,11H,5-6H2. The molecule has 0 aliphatic heterocycles. The highest BCUT2D eigenvalue weighted by Gasteiger charge is 2.29. The third-order valence-electron chi connectivity index (χ3n) is 3.70. The fourth-order valence-electron chi connectivity index (χ4n) is 2.68. The molecule has 0 unspecified atom stereocenters. The Kier molecular flexibility index (Phi) is 3.65. The Hall–Kier alpha value is -1.19. The SMILES string of the molecule is O=C(c1cc(Cl)c(Br)cc1F)C1Cc2ccccc2C1. The summed E-state index contributed by atoms with van der Waals surface area (Å²) in [5, 5.41) is 0.352. The molecule has 0 fully saturated rings. The van der Waals surface area contributed by atoms with Crippen LogP contribution in [0.4, 0.5) is 4.39 Å². The number of carbonyl (C=O) groups is 1. The maximum Gasteiger partial charge on any atom is 0.169 e. The first-order chi connectivity index (χ1) is 9.56. The van der Waals surface area contributed by atoms with Gasteiger partial charge in [0.25, 0.3) is 0 Å². The Bertz CT molecular complexity index is 674. The van der Waals surface area contributed by atoms with Crippen LogP contribution in [0.2, 0.25) is 5.02 Å². The number of hydrogen-bond donors (Lipinski definition) is 0. The first-order valence-corrected chi connectivity index (χ1v) is 7.49. The molecule has 0 saturated carbocycles. The van der Waals surface area contributed by atoms with E-state index in [2.05, 4.69) is 15.9 Å². The number of carbonyl (C=O) groups excluding carboxylic acids is 1. The largest absolute Gasteiger partial charge is 0.294 e. The Morgan fingerprint density at radius 2 is 1.80 bits per heavy atom. The predicted molar refractivity (Wildman–Crippen MR) is 80.8 cm³/mol. The molecule has 0 bridgehead atoms. The van der Waals surface area contributed by atoms with Crippen molar-refractivity contribution >= 4 is 33.3 Å². The summed E-state index contributed by atoms with van der Waals surface area (Å²) in [6, 6.07) is 10.6. The predicted octanol–water partition coefficient (Wildman–Crippen LogP) is 4.84. The fourth-order valence-corrected chi connectivity index (χ4v) is 3.15. The van der Waals surface area contributed by atoms with Crippen molar-refractivity contribution in [3.8, 4) is 0 Å². The zero-order valence-electron chi connectivity index (χ0n) is 10.5. The second-order valence-electron chi connectivity index (χ2n) is 4.98. The van der Waals surface area contributed by atoms with Crippen LogP contribution in [-0.4, -0.2) is 5.78 Å². The van der Waals surface area contributed by atoms with E-state index < -0.39 is 5.82 Å². The normalized spacial score (nSPS) is 14.3. The van der Waals surface area contributed by atoms with Gasteiger partial charge < -0.3 is 0 Å². The smallest absolute Gasteiger partial charge is 0.169 e. The van der Waals surface area contributed by atoms with E-state index >= 15 is 0 Å². The molecule has 0 heterocycles. The third-order valence-corrected chi connectivity index (χ3v) is 4.89. The molecule has 0 N–H and O–H groups in total. The zero-order chi connectivity index (χ0) is 14.3. The van der Waals surface area contributed by atoms with Crippen molar-refractivity contribution in [3.63, 3.8) is 0 Å². The minimum Gasteiger partial charge on any atom is -0.294 e. The molecule has 0 saturated heterocycles. The first-order valence-electron chi connectivity index (χ1n) is 6.32. The number of ketones is 1. The fraction of sp³-hybridized carbons (Fsp3) is 0.188. The van der Waals surface area contributed by atoms with Gasteiger partial charge in [-0.3, -0.25) is 4.79 Å². The van der Waals surface area contributed by atoms with Gasteiger partial charge >= 0.3 is 0 Å². The molecule has 102 valence electrons. The summed E-state index contributed by atoms with van der Waals surface area (Å²) in [7, 11) is 0. The third kappa shape index (κ3) is 2.40. The molecule has 20 heavy (non-hydrogen) atoms. The lowest BCUT2D eigenvalue weighted by atomic mass is 9.95. The molecule has 1 nitrogen and oxygen atoms in total. The number of fused-ring (bicyclic) bond motifs is 1. The van der Waals surface area contributed by atoms with Crippen molar-refractivity contribution in [2.24, 2.45) is 5.92 Å². The highest BCUT2D eigenvalue weighted by atomic mass is 79.9. The topological polar surface area (TPSA) is 17.1 Å². The van der Waals surface area contributed by atoms with Gasteiger partial charge in [-0.15, -0.1) is 0 Å². The van der Waals surface area contributed by atoms with E-state index in [9.17, 15) is 9.18 Å². The van der Waals surface area contributed by atoms with E-state index in [1.807, 2.05) is 24.3 Å². The van der Waals surface area contributed by atoms with E-state index in [0.717, 1.165) is 0 Å². The molecule has 0 spiro atoms. The molecule has 3 rings (SSSR count). The summed E-state index contributed by atoms with van der Waals surface area (Å²) in [6.07, 6.45) is 1.34. The van der Waals surface area contributed by atoms with Crippen LogP contribution in [0.15, 0.2) is 40.9 Å². The average Bonchev–Trinajstić information content (AvgIpc) is 2.86. The van der Waals surface area contributed by atoms with Crippen LogP contribution in [0, 0.1) is 11.7 Å². The highest BCUT2D eigenvalue weighted by Crippen LogP contribution is 2.32. The van der Waals surface area contributed by atoms with Crippen LogP contribution in [-0.2, 0) is 12.8 Å². The second-order valence-corrected chi connectivity index (χ2v) is 6.25. The summed E-state index contributed by atoms with van der Waals surface area (Å²) in [5.41, 5.74) is 2.43. The molecule has 1 aliphatic carbocycles. The van der Waals surface area contributed by atoms with Crippen LogP contribution in [0.1, 0.15) is 21.5 Å². The monoisotopic (exact) mass is 352 g/mol. The minimum atomic E-state index is -0.526. The van der Waals surface area contributed by atoms with Crippen molar-refractivity contribution < 1.29 is 9.18 Å². The van der Waals surface area contributed by atoms with Crippen molar-refractivity contribution in [3.05, 3.63) is 68.4 Å². The second kappa shape index (κ2) is 5.30. The van der Waals surface area contributed by atoms with E-state index in [0.29, 0.717) is 22.3 Å². The molecule has 0 aromatic heterocycles. The van der Waals surface area contributed by atoms with Crippen LogP contribution in [0.3, 0.4) is 0 Å². The maximum absolute atomic E-state index is 14.0. The van der Waals surface area contributed by atoms with Crippen molar-refractivity contribution in [1.82, 2.24) is 0 Å². The van der Waals surface area contributed by atoms with E-state index in [1.54, 1.807) is 0 Å². The van der Waals surface area contributed by atoms with Crippen molar-refractivity contribution in [2.75, 3.05) is 0 Å². The van der Waals surface area contributed by atoms with Gasteiger partial charge in [0.15, 0.2) is 5.78 Å². The van der Waals surface area contributed by atoms with Crippen LogP contribution >= 0.6 is 27.5 Å². The number of rotatable bonds is 2. The first kappa shape index (κ1) is 13.8. The Morgan fingerprint density at radius 1 is 1.20 bits per heavy atom. The van der Waals surface area contributed by atoms with Gasteiger partial charge in [0.1, 0.15) is 5.82 Å². The summed E-state index contributed by atoms with van der Waals surface area (Å²) in [4.78, 5) is 12.5. The quantitative estimate of drug-likeness (QED) is 0.558. The van der Waals surface area contributed by atoms with E-state index in [4.69, 9.17) is 11.6 Å². The molecule has 0 atom stereocenters. The lowest BCUT2D eigenvalue weighted by molar-refractivity contribution is 0.0920. The number of halogens is 3. The average molecular weight is 354 g/mol. The van der Waals surface area contributed by atoms with E-state index in [-0.39, 0.29) is 17.3 Å². The van der Waals surface area contributed by atoms with Crippen molar-refractivity contribution in [1.29, 1.82) is 0 Å². The number of benzene rings is 2. The summed E-state index contributed by atoms with van der Waals surface area (Å²) < 4.78 is 14.4. The van der Waals surface area contributed by atoms with Gasteiger partial charge in [0, 0.05) is 10.4 Å². The highest BCUT2D eigenvalue weighted by molar-refractivity contribution is 9.10. The van der Waals surface area contributed by atoms with Crippen LogP contribution < -0.4 is 0 Å². The summed E-state index contributed by atoms with van der Waals surface area (Å²) >= 11 is 9.11. The van der Waals surface area contributed by atoms with Gasteiger partial charge in [0.05, 0.1) is 10.6 Å². The van der Waals surface area contributed by atoms with Crippen LogP contribution in [0.5, 0.6) is 0 Å². The Morgan fingerprint density at radius 3 is 2.40 bits per heavy atom. The van der Waals surface area contributed by atoms with Crippen LogP contribution in [0.25, 0.3) is 0 Å². The molecular formula is C16H11BrClFO. The molecule has 1 aliphatic rings. The maximum atomic E-state index is 14.0. The Balaban J connectivity index is 1.90. The van der Waals surface area contributed by atoms with Gasteiger partial charge in [-0.25, -0.2) is 4.39 Å².